The Labute approximate surface area is 267 Å². The number of aromatic amines is 1. The number of nitrogens with zero attached hydrogens (tertiary/aromatic N) is 2. The summed E-state index contributed by atoms with van der Waals surface area (Å²) < 4.78 is 57.7. The van der Waals surface area contributed by atoms with Crippen LogP contribution in [0, 0.1) is 0 Å². The number of H-pyrrole nitrogens is 1. The maximum atomic E-state index is 12.4. The Hall–Kier alpha value is -4.89. The SMILES string of the molecule is O=S(=O)([N-]c1ccccc1-c1cccc[nH+]1)c1ccccc1.O=S(=O)([N-]c1ccccc1C1=CCCC=[NH+]1)c1ccccc1.[Be+2]. The summed E-state index contributed by atoms with van der Waals surface area (Å²) in [6.07, 6.45) is 7.71. The van der Waals surface area contributed by atoms with Crippen molar-refractivity contribution in [1.29, 1.82) is 0 Å². The molecule has 4 aromatic carbocycles. The van der Waals surface area contributed by atoms with Crippen molar-refractivity contribution in [2.45, 2.75) is 22.6 Å². The van der Waals surface area contributed by atoms with Crippen molar-refractivity contribution in [3.8, 4) is 11.3 Å². The third-order valence-corrected chi connectivity index (χ3v) is 9.14. The van der Waals surface area contributed by atoms with Crippen molar-refractivity contribution in [2.75, 3.05) is 0 Å². The molecule has 1 aliphatic heterocycles. The Balaban J connectivity index is 0.000000200. The molecule has 6 rings (SSSR count). The minimum Gasteiger partial charge on any atom is -0.572 e. The Bertz CT molecular complexity index is 1990. The van der Waals surface area contributed by atoms with Gasteiger partial charge in [-0.15, -0.1) is 11.4 Å². The molecule has 1 aromatic heterocycles. The van der Waals surface area contributed by atoms with E-state index >= 15 is 0 Å². The first-order valence-corrected chi connectivity index (χ1v) is 16.7. The Morgan fingerprint density at radius 1 is 0.533 bits per heavy atom. The smallest absolute Gasteiger partial charge is 0.572 e. The standard InChI is InChI=1S/C17H15N2O2S.C17H13N2O2S.Be/c2*20-22(21,14-8-2-1-3-9-14)19-17-12-5-4-10-15(17)16-11-6-7-13-18-16;/h1-5,8-13H,6-7H2;1-13H;/q2*-1;+2/p+2. The molecule has 5 aromatic rings. The topological polar surface area (TPSA) is 125 Å². The zero-order chi connectivity index (χ0) is 30.8. The summed E-state index contributed by atoms with van der Waals surface area (Å²) in [5.74, 6) is 0. The minimum absolute atomic E-state index is 0. The van der Waals surface area contributed by atoms with Gasteiger partial charge in [0.25, 0.3) is 0 Å². The first kappa shape index (κ1) is 33.0. The maximum absolute atomic E-state index is 12.4. The number of rotatable bonds is 8. The zero-order valence-corrected chi connectivity index (χ0v) is 26.0. The van der Waals surface area contributed by atoms with E-state index in [1.165, 1.54) is 12.1 Å². The second-order valence-electron chi connectivity index (χ2n) is 9.61. The second kappa shape index (κ2) is 15.2. The van der Waals surface area contributed by atoms with Crippen molar-refractivity contribution in [1.82, 2.24) is 0 Å². The molecule has 0 saturated heterocycles. The second-order valence-corrected chi connectivity index (χ2v) is 12.8. The number of aromatic nitrogens is 1. The molecule has 2 N–H and O–H groups in total. The first-order chi connectivity index (χ1) is 21.3. The van der Waals surface area contributed by atoms with E-state index in [0.29, 0.717) is 11.4 Å². The molecule has 0 radical (unpaired) electrons. The largest absolute Gasteiger partial charge is 2.00 e. The van der Waals surface area contributed by atoms with E-state index in [1.54, 1.807) is 79.0 Å². The van der Waals surface area contributed by atoms with Crippen molar-refractivity contribution >= 4 is 53.5 Å². The molecule has 11 heteroatoms. The molecular formula is C34H30BeN4O4S2+2. The van der Waals surface area contributed by atoms with Gasteiger partial charge in [0.05, 0.1) is 9.79 Å². The van der Waals surface area contributed by atoms with Crippen molar-refractivity contribution in [2.24, 2.45) is 0 Å². The van der Waals surface area contributed by atoms with E-state index in [-0.39, 0.29) is 19.9 Å². The predicted octanol–water partition coefficient (Wildman–Crippen LogP) is 5.55. The summed E-state index contributed by atoms with van der Waals surface area (Å²) in [6.45, 7) is 0. The van der Waals surface area contributed by atoms with Gasteiger partial charge in [0.2, 0.25) is 11.4 Å². The molecule has 1 aliphatic rings. The number of allylic oxidation sites excluding steroid dienone is 1. The third-order valence-electron chi connectivity index (χ3n) is 6.53. The van der Waals surface area contributed by atoms with Crippen LogP contribution in [0.2, 0.25) is 0 Å². The third kappa shape index (κ3) is 8.61. The molecule has 222 valence electrons. The quantitative estimate of drug-likeness (QED) is 0.226. The molecule has 0 fully saturated rings. The van der Waals surface area contributed by atoms with Gasteiger partial charge < -0.3 is 9.44 Å². The molecule has 0 saturated carbocycles. The van der Waals surface area contributed by atoms with Crippen LogP contribution in [0.1, 0.15) is 18.4 Å². The normalized spacial score (nSPS) is 12.5. The van der Waals surface area contributed by atoms with Gasteiger partial charge in [-0.3, -0.25) is 0 Å². The Morgan fingerprint density at radius 3 is 1.53 bits per heavy atom. The van der Waals surface area contributed by atoms with Crippen LogP contribution in [0.3, 0.4) is 0 Å². The molecule has 0 aliphatic carbocycles. The minimum atomic E-state index is -3.73. The molecule has 2 heterocycles. The molecule has 0 spiro atoms. The number of sulfonamides is 2. The van der Waals surface area contributed by atoms with Crippen LogP contribution in [0.25, 0.3) is 26.4 Å². The summed E-state index contributed by atoms with van der Waals surface area (Å²) in [5.41, 5.74) is 4.09. The Kier molecular flexibility index (Phi) is 11.2. The maximum Gasteiger partial charge on any atom is 2.00 e. The van der Waals surface area contributed by atoms with Crippen molar-refractivity contribution in [3.63, 3.8) is 0 Å². The average molecular weight is 632 g/mol. The summed E-state index contributed by atoms with van der Waals surface area (Å²) in [5, 5.41) is 0. The van der Waals surface area contributed by atoms with E-state index in [0.717, 1.165) is 35.4 Å². The van der Waals surface area contributed by atoms with Crippen LogP contribution in [-0.2, 0) is 20.0 Å². The summed E-state index contributed by atoms with van der Waals surface area (Å²) >= 11 is 0. The molecule has 0 atom stereocenters. The monoisotopic (exact) mass is 631 g/mol. The van der Waals surface area contributed by atoms with Gasteiger partial charge in [-0.1, -0.05) is 72.8 Å². The first-order valence-electron chi connectivity index (χ1n) is 13.8. The number of hydrogen-bond donors (Lipinski definition) is 1. The summed E-state index contributed by atoms with van der Waals surface area (Å²) in [6, 6.07) is 36.5. The van der Waals surface area contributed by atoms with E-state index in [1.807, 2.05) is 48.7 Å². The molecule has 45 heavy (non-hydrogen) atoms. The van der Waals surface area contributed by atoms with E-state index in [9.17, 15) is 16.8 Å². The van der Waals surface area contributed by atoms with Gasteiger partial charge in [0.15, 0.2) is 6.20 Å². The zero-order valence-electron chi connectivity index (χ0n) is 24.3. The fraction of sp³-hybridized carbons (Fsp3) is 0.0588. The van der Waals surface area contributed by atoms with Crippen LogP contribution in [0.4, 0.5) is 11.4 Å². The van der Waals surface area contributed by atoms with Gasteiger partial charge in [-0.25, -0.2) is 26.8 Å². The van der Waals surface area contributed by atoms with E-state index < -0.39 is 20.0 Å². The van der Waals surface area contributed by atoms with Gasteiger partial charge in [0, 0.05) is 29.7 Å². The molecule has 0 unspecified atom stereocenters. The van der Waals surface area contributed by atoms with Gasteiger partial charge >= 0.3 is 10.1 Å². The fourth-order valence-corrected chi connectivity index (χ4v) is 6.46. The average Bonchev–Trinajstić information content (AvgIpc) is 3.07. The molecule has 0 bridgehead atoms. The molecule has 0 amide bonds. The van der Waals surface area contributed by atoms with Gasteiger partial charge in [0.1, 0.15) is 26.3 Å². The number of benzene rings is 4. The van der Waals surface area contributed by atoms with Gasteiger partial charge in [-0.05, 0) is 55.0 Å². The van der Waals surface area contributed by atoms with E-state index in [4.69, 9.17) is 0 Å². The van der Waals surface area contributed by atoms with Crippen molar-refractivity contribution in [3.05, 3.63) is 155 Å². The molecular weight excluding hydrogens is 602 g/mol. The Morgan fingerprint density at radius 2 is 1.02 bits per heavy atom. The summed E-state index contributed by atoms with van der Waals surface area (Å²) in [7, 11) is -7.45. The summed E-state index contributed by atoms with van der Waals surface area (Å²) in [4.78, 5) is 6.66. The van der Waals surface area contributed by atoms with Crippen LogP contribution < -0.4 is 9.98 Å². The predicted molar refractivity (Wildman–Crippen MR) is 178 cm³/mol. The number of hydrogen-bond acceptors (Lipinski definition) is 4. The van der Waals surface area contributed by atoms with E-state index in [2.05, 4.69) is 25.5 Å². The van der Waals surface area contributed by atoms with Crippen LogP contribution in [-0.4, -0.2) is 33.2 Å². The van der Waals surface area contributed by atoms with Crippen molar-refractivity contribution < 1.29 is 26.8 Å². The van der Waals surface area contributed by atoms with Crippen LogP contribution in [0.5, 0.6) is 0 Å². The van der Waals surface area contributed by atoms with Gasteiger partial charge in [-0.2, -0.15) is 0 Å². The molecule has 8 nitrogen and oxygen atoms in total. The van der Waals surface area contributed by atoms with Crippen LogP contribution in [0.15, 0.2) is 149 Å². The fourth-order valence-electron chi connectivity index (χ4n) is 4.41. The van der Waals surface area contributed by atoms with Crippen LogP contribution >= 0.6 is 0 Å². The number of nitrogens with one attached hydrogen (secondary N) is 2. The number of pyridine rings is 1.